The summed E-state index contributed by atoms with van der Waals surface area (Å²) in [4.78, 5) is 24.5. The summed E-state index contributed by atoms with van der Waals surface area (Å²) in [6.45, 7) is -0.328. The number of rotatable bonds is 6. The van der Waals surface area contributed by atoms with Crippen molar-refractivity contribution in [2.75, 3.05) is 20.8 Å². The highest BCUT2D eigenvalue weighted by Gasteiger charge is 2.22. The second-order valence-electron chi connectivity index (χ2n) is 6.36. The molecule has 0 spiro atoms. The summed E-state index contributed by atoms with van der Waals surface area (Å²) in [5.74, 6) is 0.0404. The van der Waals surface area contributed by atoms with Gasteiger partial charge in [-0.1, -0.05) is 24.3 Å². The van der Waals surface area contributed by atoms with Crippen molar-refractivity contribution in [2.24, 2.45) is 0 Å². The van der Waals surface area contributed by atoms with Gasteiger partial charge in [-0.05, 0) is 48.6 Å². The fourth-order valence-corrected chi connectivity index (χ4v) is 3.32. The number of esters is 1. The van der Waals surface area contributed by atoms with Crippen LogP contribution in [-0.4, -0.2) is 32.7 Å². The molecule has 0 saturated carbocycles. The minimum Gasteiger partial charge on any atom is -0.493 e. The average Bonchev–Trinajstić information content (AvgIpc) is 2.71. The van der Waals surface area contributed by atoms with Gasteiger partial charge in [0.05, 0.1) is 25.8 Å². The van der Waals surface area contributed by atoms with E-state index in [2.05, 4.69) is 11.4 Å². The lowest BCUT2D eigenvalue weighted by molar-refractivity contribution is -0.125. The maximum atomic E-state index is 12.2. The number of nitrogens with one attached hydrogen (secondary N) is 1. The number of aryl methyl sites for hydroxylation is 1. The maximum Gasteiger partial charge on any atom is 0.338 e. The summed E-state index contributed by atoms with van der Waals surface area (Å²) >= 11 is 0. The lowest BCUT2D eigenvalue weighted by atomic mass is 9.88. The Bertz CT molecular complexity index is 833. The second-order valence-corrected chi connectivity index (χ2v) is 6.36. The van der Waals surface area contributed by atoms with Gasteiger partial charge in [-0.2, -0.15) is 0 Å². The topological polar surface area (TPSA) is 73.9 Å². The Labute approximate surface area is 158 Å². The van der Waals surface area contributed by atoms with Gasteiger partial charge >= 0.3 is 5.97 Å². The van der Waals surface area contributed by atoms with Crippen LogP contribution in [0.25, 0.3) is 0 Å². The lowest BCUT2D eigenvalue weighted by Crippen LogP contribution is -2.34. The summed E-state index contributed by atoms with van der Waals surface area (Å²) in [7, 11) is 3.01. The Balaban J connectivity index is 1.57. The Hall–Kier alpha value is -3.02. The molecular weight excluding hydrogens is 346 g/mol. The first-order valence-corrected chi connectivity index (χ1v) is 8.88. The first-order valence-electron chi connectivity index (χ1n) is 8.88. The van der Waals surface area contributed by atoms with E-state index in [1.165, 1.54) is 25.8 Å². The molecule has 1 unspecified atom stereocenters. The number of hydrogen-bond donors (Lipinski definition) is 1. The van der Waals surface area contributed by atoms with Crippen LogP contribution < -0.4 is 14.8 Å². The fraction of sp³-hybridized carbons (Fsp3) is 0.333. The Morgan fingerprint density at radius 3 is 2.63 bits per heavy atom. The molecule has 1 N–H and O–H groups in total. The van der Waals surface area contributed by atoms with Crippen LogP contribution in [0.15, 0.2) is 42.5 Å². The molecular formula is C21H23NO5. The Kier molecular flexibility index (Phi) is 5.96. The van der Waals surface area contributed by atoms with E-state index in [1.54, 1.807) is 12.1 Å². The number of ether oxygens (including phenoxy) is 3. The van der Waals surface area contributed by atoms with Gasteiger partial charge in [-0.15, -0.1) is 0 Å². The van der Waals surface area contributed by atoms with Crippen LogP contribution >= 0.6 is 0 Å². The zero-order valence-corrected chi connectivity index (χ0v) is 15.5. The summed E-state index contributed by atoms with van der Waals surface area (Å²) in [6.07, 6.45) is 2.93. The molecule has 0 bridgehead atoms. The van der Waals surface area contributed by atoms with E-state index < -0.39 is 5.97 Å². The van der Waals surface area contributed by atoms with E-state index in [1.807, 2.05) is 18.2 Å². The third-order valence-corrected chi connectivity index (χ3v) is 4.66. The molecule has 2 aromatic carbocycles. The predicted octanol–water partition coefficient (Wildman–Crippen LogP) is 3.05. The SMILES string of the molecule is COc1ccc(C(=O)OCC(=O)NC2CCCc3ccccc32)cc1OC. The molecule has 2 aromatic rings. The van der Waals surface area contributed by atoms with Gasteiger partial charge in [0.15, 0.2) is 18.1 Å². The molecule has 27 heavy (non-hydrogen) atoms. The van der Waals surface area contributed by atoms with E-state index in [-0.39, 0.29) is 18.6 Å². The van der Waals surface area contributed by atoms with Gasteiger partial charge in [0.25, 0.3) is 5.91 Å². The van der Waals surface area contributed by atoms with Gasteiger partial charge in [0.2, 0.25) is 0 Å². The van der Waals surface area contributed by atoms with Crippen LogP contribution in [0.1, 0.15) is 40.4 Å². The molecule has 3 rings (SSSR count). The van der Waals surface area contributed by atoms with Crippen LogP contribution in [0.5, 0.6) is 11.5 Å². The third-order valence-electron chi connectivity index (χ3n) is 4.66. The third kappa shape index (κ3) is 4.39. The summed E-state index contributed by atoms with van der Waals surface area (Å²) in [5, 5.41) is 2.96. The molecule has 1 aliphatic rings. The van der Waals surface area contributed by atoms with Crippen molar-refractivity contribution >= 4 is 11.9 Å². The van der Waals surface area contributed by atoms with Gasteiger partial charge in [0.1, 0.15) is 0 Å². The van der Waals surface area contributed by atoms with Crippen LogP contribution in [0.4, 0.5) is 0 Å². The number of carbonyl (C=O) groups is 2. The van der Waals surface area contributed by atoms with Crippen molar-refractivity contribution in [2.45, 2.75) is 25.3 Å². The Morgan fingerprint density at radius 2 is 1.85 bits per heavy atom. The summed E-state index contributed by atoms with van der Waals surface area (Å²) in [6, 6.07) is 12.8. The highest BCUT2D eigenvalue weighted by Crippen LogP contribution is 2.29. The van der Waals surface area contributed by atoms with Crippen molar-refractivity contribution in [3.05, 3.63) is 59.2 Å². The molecule has 1 amide bonds. The quantitative estimate of drug-likeness (QED) is 0.792. The van der Waals surface area contributed by atoms with Gasteiger partial charge in [-0.3, -0.25) is 4.79 Å². The Morgan fingerprint density at radius 1 is 1.07 bits per heavy atom. The highest BCUT2D eigenvalue weighted by atomic mass is 16.5. The first kappa shape index (κ1) is 18.8. The molecule has 1 atom stereocenters. The molecule has 0 heterocycles. The highest BCUT2D eigenvalue weighted by molar-refractivity contribution is 5.92. The largest absolute Gasteiger partial charge is 0.493 e. The van der Waals surface area contributed by atoms with E-state index in [4.69, 9.17) is 14.2 Å². The zero-order valence-electron chi connectivity index (χ0n) is 15.5. The van der Waals surface area contributed by atoms with Gasteiger partial charge < -0.3 is 19.5 Å². The molecule has 0 fully saturated rings. The van der Waals surface area contributed by atoms with Crippen molar-refractivity contribution in [3.63, 3.8) is 0 Å². The molecule has 142 valence electrons. The number of hydrogen-bond acceptors (Lipinski definition) is 5. The van der Waals surface area contributed by atoms with E-state index >= 15 is 0 Å². The lowest BCUT2D eigenvalue weighted by Gasteiger charge is -2.26. The summed E-state index contributed by atoms with van der Waals surface area (Å²) in [5.41, 5.74) is 2.70. The number of amides is 1. The first-order chi connectivity index (χ1) is 13.1. The molecule has 6 heteroatoms. The monoisotopic (exact) mass is 369 g/mol. The van der Waals surface area contributed by atoms with Gasteiger partial charge in [-0.25, -0.2) is 4.79 Å². The minimum atomic E-state index is -0.588. The number of carbonyl (C=O) groups excluding carboxylic acids is 2. The second kappa shape index (κ2) is 8.58. The standard InChI is InChI=1S/C21H23NO5/c1-25-18-11-10-15(12-19(18)26-2)21(24)27-13-20(23)22-17-9-5-7-14-6-3-4-8-16(14)17/h3-4,6,8,10-12,17H,5,7,9,13H2,1-2H3,(H,22,23). The van der Waals surface area contributed by atoms with Crippen LogP contribution in [0.3, 0.4) is 0 Å². The van der Waals surface area contributed by atoms with Crippen LogP contribution in [0, 0.1) is 0 Å². The molecule has 6 nitrogen and oxygen atoms in total. The molecule has 1 aliphatic carbocycles. The van der Waals surface area contributed by atoms with Crippen LogP contribution in [-0.2, 0) is 16.0 Å². The normalized spacial score (nSPS) is 15.4. The van der Waals surface area contributed by atoms with Crippen molar-refractivity contribution in [1.82, 2.24) is 5.32 Å². The zero-order chi connectivity index (χ0) is 19.2. The van der Waals surface area contributed by atoms with Crippen molar-refractivity contribution < 1.29 is 23.8 Å². The molecule has 0 aliphatic heterocycles. The van der Waals surface area contributed by atoms with Crippen molar-refractivity contribution in [1.29, 1.82) is 0 Å². The van der Waals surface area contributed by atoms with Crippen LogP contribution in [0.2, 0.25) is 0 Å². The number of benzene rings is 2. The summed E-state index contributed by atoms with van der Waals surface area (Å²) < 4.78 is 15.5. The van der Waals surface area contributed by atoms with E-state index in [0.29, 0.717) is 17.1 Å². The molecule has 0 saturated heterocycles. The smallest absolute Gasteiger partial charge is 0.338 e. The average molecular weight is 369 g/mol. The van der Waals surface area contributed by atoms with E-state index in [0.717, 1.165) is 24.8 Å². The number of fused-ring (bicyclic) bond motifs is 1. The maximum absolute atomic E-state index is 12.2. The molecule has 0 radical (unpaired) electrons. The van der Waals surface area contributed by atoms with E-state index in [9.17, 15) is 9.59 Å². The minimum absolute atomic E-state index is 0.0396. The predicted molar refractivity (Wildman–Crippen MR) is 100 cm³/mol. The van der Waals surface area contributed by atoms with Gasteiger partial charge in [0, 0.05) is 0 Å². The fourth-order valence-electron chi connectivity index (χ4n) is 3.32. The van der Waals surface area contributed by atoms with Crippen molar-refractivity contribution in [3.8, 4) is 11.5 Å². The number of methoxy groups -OCH3 is 2. The molecule has 0 aromatic heterocycles.